The summed E-state index contributed by atoms with van der Waals surface area (Å²) in [4.78, 5) is 38.9. The van der Waals surface area contributed by atoms with Gasteiger partial charge < -0.3 is 14.6 Å². The predicted octanol–water partition coefficient (Wildman–Crippen LogP) is 4.52. The molecule has 5 aromatic heterocycles. The third-order valence-electron chi connectivity index (χ3n) is 5.99. The Morgan fingerprint density at radius 2 is 1.63 bits per heavy atom. The molecule has 0 spiro atoms. The summed E-state index contributed by atoms with van der Waals surface area (Å²) in [6.45, 7) is 3.12. The Bertz CT molecular complexity index is 1550. The van der Waals surface area contributed by atoms with E-state index in [1.165, 1.54) is 35.8 Å². The van der Waals surface area contributed by atoms with E-state index < -0.39 is 0 Å². The van der Waals surface area contributed by atoms with E-state index in [9.17, 15) is 4.79 Å². The molecule has 1 N–H and O–H groups in total. The number of hydrogen-bond donors (Lipinski definition) is 1. The maximum Gasteiger partial charge on any atom is 0.276 e. The zero-order valence-electron chi connectivity index (χ0n) is 18.1. The van der Waals surface area contributed by atoms with Gasteiger partial charge in [0.25, 0.3) is 5.91 Å². The summed E-state index contributed by atoms with van der Waals surface area (Å²) >= 11 is 15.5. The monoisotopic (exact) mass is 545 g/mol. The van der Waals surface area contributed by atoms with Gasteiger partial charge in [-0.05, 0) is 30.5 Å². The van der Waals surface area contributed by atoms with Crippen molar-refractivity contribution in [3.63, 3.8) is 0 Å². The van der Waals surface area contributed by atoms with Crippen molar-refractivity contribution in [1.82, 2.24) is 35.1 Å². The molecule has 5 aromatic rings. The number of oxazole rings is 1. The van der Waals surface area contributed by atoms with Gasteiger partial charge in [-0.1, -0.05) is 23.2 Å². The summed E-state index contributed by atoms with van der Waals surface area (Å²) in [6.07, 6.45) is 7.39. The van der Waals surface area contributed by atoms with Crippen molar-refractivity contribution < 1.29 is 9.21 Å². The van der Waals surface area contributed by atoms with Crippen LogP contribution in [0.3, 0.4) is 0 Å². The lowest BCUT2D eigenvalue weighted by Crippen LogP contribution is -2.35. The van der Waals surface area contributed by atoms with Crippen molar-refractivity contribution in [2.75, 3.05) is 13.1 Å². The second-order valence-corrected chi connectivity index (χ2v) is 10.9. The first-order chi connectivity index (χ1) is 17.1. The van der Waals surface area contributed by atoms with Crippen LogP contribution in [0.2, 0.25) is 10.3 Å². The van der Waals surface area contributed by atoms with Crippen LogP contribution < -0.4 is 5.32 Å². The summed E-state index contributed by atoms with van der Waals surface area (Å²) < 4.78 is 4.87. The summed E-state index contributed by atoms with van der Waals surface area (Å²) in [6, 6.07) is 0. The molecule has 0 unspecified atom stereocenters. The quantitative estimate of drug-likeness (QED) is 0.306. The van der Waals surface area contributed by atoms with Gasteiger partial charge in [0.2, 0.25) is 0 Å². The fraction of sp³-hybridized carbons (Fsp3) is 0.273. The predicted molar refractivity (Wildman–Crippen MR) is 135 cm³/mol. The van der Waals surface area contributed by atoms with Crippen LogP contribution in [0.5, 0.6) is 0 Å². The van der Waals surface area contributed by atoms with Gasteiger partial charge in [0, 0.05) is 22.8 Å². The highest BCUT2D eigenvalue weighted by Crippen LogP contribution is 2.37. The van der Waals surface area contributed by atoms with E-state index in [2.05, 4.69) is 30.2 Å². The maximum absolute atomic E-state index is 12.3. The first kappa shape index (κ1) is 22.7. The molecule has 7 rings (SSSR count). The number of nitrogens with one attached hydrogen (secondary N) is 1. The molecule has 1 amide bonds. The van der Waals surface area contributed by atoms with Crippen molar-refractivity contribution in [2.24, 2.45) is 0 Å². The van der Waals surface area contributed by atoms with E-state index in [1.807, 2.05) is 0 Å². The first-order valence-corrected chi connectivity index (χ1v) is 13.2. The molecule has 0 radical (unpaired) electrons. The number of fused-ring (bicyclic) bond motifs is 6. The number of rotatable bonds is 1. The average molecular weight is 546 g/mol. The van der Waals surface area contributed by atoms with Crippen molar-refractivity contribution in [3.8, 4) is 0 Å². The first-order valence-electron chi connectivity index (χ1n) is 10.8. The van der Waals surface area contributed by atoms with Gasteiger partial charge in [0.05, 0.1) is 17.3 Å². The molecule has 0 aliphatic carbocycles. The fourth-order valence-corrected chi connectivity index (χ4v) is 7.33. The smallest absolute Gasteiger partial charge is 0.276 e. The number of nitrogens with zero attached hydrogens (tertiary/aromatic N) is 6. The number of carbonyl (C=O) groups excluding carboxylic acids is 1. The topological polar surface area (TPSA) is 110 Å². The fourth-order valence-electron chi connectivity index (χ4n) is 4.36. The molecule has 7 heterocycles. The molecule has 9 nitrogen and oxygen atoms in total. The molecule has 0 fully saturated rings. The van der Waals surface area contributed by atoms with Gasteiger partial charge in [-0.2, -0.15) is 0 Å². The molecule has 178 valence electrons. The zero-order valence-corrected chi connectivity index (χ0v) is 21.3. The van der Waals surface area contributed by atoms with E-state index in [1.54, 1.807) is 27.6 Å². The third-order valence-corrected chi connectivity index (χ3v) is 8.83. The van der Waals surface area contributed by atoms with Gasteiger partial charge in [-0.25, -0.2) is 24.9 Å². The number of amides is 1. The van der Waals surface area contributed by atoms with Crippen LogP contribution in [0.4, 0.5) is 0 Å². The molecule has 0 saturated carbocycles. The summed E-state index contributed by atoms with van der Waals surface area (Å²) in [7, 11) is 0. The number of thiophene rings is 2. The molecule has 35 heavy (non-hydrogen) atoms. The van der Waals surface area contributed by atoms with Crippen molar-refractivity contribution >= 4 is 72.2 Å². The van der Waals surface area contributed by atoms with Crippen LogP contribution in [0.1, 0.15) is 31.4 Å². The third kappa shape index (κ3) is 4.17. The second kappa shape index (κ2) is 9.40. The van der Waals surface area contributed by atoms with Crippen LogP contribution in [0.25, 0.3) is 20.4 Å². The minimum absolute atomic E-state index is 0.121. The van der Waals surface area contributed by atoms with Crippen LogP contribution in [0, 0.1) is 0 Å². The standard InChI is InChI=1S/C13H9ClN4O2S.C9H8ClN3S/c14-11-10-7-1-2-18(13(19)8-4-20-6-17-8)3-9(7)21-12(10)16-5-15-11;10-8-7-5-1-2-11-3-6(5)14-9(7)13-4-12-8/h4-6H,1-3H2;4,11H,1-3H2. The Morgan fingerprint density at radius 1 is 0.943 bits per heavy atom. The summed E-state index contributed by atoms with van der Waals surface area (Å²) in [5, 5.41) is 6.40. The highest BCUT2D eigenvalue weighted by atomic mass is 35.5. The Hall–Kier alpha value is -2.70. The Morgan fingerprint density at radius 3 is 2.31 bits per heavy atom. The van der Waals surface area contributed by atoms with Crippen LogP contribution in [0.15, 0.2) is 29.7 Å². The molecular weight excluding hydrogens is 529 g/mol. The minimum atomic E-state index is -0.121. The molecule has 0 saturated heterocycles. The van der Waals surface area contributed by atoms with Crippen LogP contribution in [-0.4, -0.2) is 48.8 Å². The molecule has 0 atom stereocenters. The largest absolute Gasteiger partial charge is 0.451 e. The Kier molecular flexibility index (Phi) is 6.11. The molecule has 0 bridgehead atoms. The average Bonchev–Trinajstić information content (AvgIpc) is 3.61. The van der Waals surface area contributed by atoms with E-state index >= 15 is 0 Å². The highest BCUT2D eigenvalue weighted by Gasteiger charge is 2.27. The van der Waals surface area contributed by atoms with Crippen LogP contribution >= 0.6 is 45.9 Å². The molecular formula is C22H17Cl2N7O2S2. The van der Waals surface area contributed by atoms with Gasteiger partial charge in [-0.15, -0.1) is 22.7 Å². The molecule has 2 aliphatic rings. The Labute approximate surface area is 217 Å². The number of carbonyl (C=O) groups is 1. The van der Waals surface area contributed by atoms with E-state index in [4.69, 9.17) is 27.6 Å². The van der Waals surface area contributed by atoms with E-state index in [0.29, 0.717) is 29.1 Å². The number of aromatic nitrogens is 5. The lowest BCUT2D eigenvalue weighted by molar-refractivity contribution is 0.0731. The lowest BCUT2D eigenvalue weighted by atomic mass is 10.1. The van der Waals surface area contributed by atoms with Gasteiger partial charge in [0.1, 0.15) is 38.9 Å². The van der Waals surface area contributed by atoms with Gasteiger partial charge in [0.15, 0.2) is 12.1 Å². The molecule has 13 heteroatoms. The zero-order chi connectivity index (χ0) is 23.9. The van der Waals surface area contributed by atoms with Crippen molar-refractivity contribution in [2.45, 2.75) is 25.9 Å². The lowest BCUT2D eigenvalue weighted by Gasteiger charge is -2.26. The number of hydrogen-bond acceptors (Lipinski definition) is 10. The maximum atomic E-state index is 12.3. The molecule has 2 aliphatic heterocycles. The van der Waals surface area contributed by atoms with Crippen molar-refractivity contribution in [1.29, 1.82) is 0 Å². The summed E-state index contributed by atoms with van der Waals surface area (Å²) in [5.41, 5.74) is 2.83. The van der Waals surface area contributed by atoms with Crippen LogP contribution in [-0.2, 0) is 25.9 Å². The summed E-state index contributed by atoms with van der Waals surface area (Å²) in [5.74, 6) is -0.121. The second-order valence-electron chi connectivity index (χ2n) is 7.97. The molecule has 0 aromatic carbocycles. The number of halogens is 2. The normalized spacial score (nSPS) is 15.0. The minimum Gasteiger partial charge on any atom is -0.451 e. The Balaban J connectivity index is 0.000000141. The highest BCUT2D eigenvalue weighted by molar-refractivity contribution is 7.19. The van der Waals surface area contributed by atoms with E-state index in [-0.39, 0.29) is 5.91 Å². The van der Waals surface area contributed by atoms with E-state index in [0.717, 1.165) is 56.8 Å². The van der Waals surface area contributed by atoms with Gasteiger partial charge in [-0.3, -0.25) is 4.79 Å². The van der Waals surface area contributed by atoms with Crippen molar-refractivity contribution in [3.05, 3.63) is 62.2 Å². The SMILES string of the molecule is Clc1ncnc2sc3c(c12)CCNC3.O=C(c1cocn1)N1CCc2c(sc3ncnc(Cl)c23)C1. The van der Waals surface area contributed by atoms with Gasteiger partial charge >= 0.3 is 0 Å².